The number of carbonyl (C=O) groups excluding carboxylic acids is 2. The van der Waals surface area contributed by atoms with Gasteiger partial charge in [-0.2, -0.15) is 15.0 Å². The Morgan fingerprint density at radius 1 is 0.744 bits per heavy atom. The van der Waals surface area contributed by atoms with Crippen molar-refractivity contribution >= 4 is 69.2 Å². The Labute approximate surface area is 273 Å². The number of nitrogens with one attached hydrogen (secondary N) is 2. The van der Waals surface area contributed by atoms with Gasteiger partial charge in [0.1, 0.15) is 0 Å². The highest BCUT2D eigenvalue weighted by Crippen LogP contribution is 2.24. The molecule has 2 aliphatic rings. The highest BCUT2D eigenvalue weighted by atomic mass is 79.9. The predicted octanol–water partition coefficient (Wildman–Crippen LogP) is 7.62. The van der Waals surface area contributed by atoms with E-state index in [0.717, 1.165) is 62.0 Å². The summed E-state index contributed by atoms with van der Waals surface area (Å²) in [5.41, 5.74) is 1.88. The molecule has 2 aromatic carbocycles. The van der Waals surface area contributed by atoms with E-state index in [2.05, 4.69) is 36.4 Å². The van der Waals surface area contributed by atoms with Crippen LogP contribution in [0.3, 0.4) is 0 Å². The van der Waals surface area contributed by atoms with Gasteiger partial charge in [-0.15, -0.1) is 12.4 Å². The Bertz CT molecular complexity index is 1270. The zero-order chi connectivity index (χ0) is 26.3. The number of ketones is 1. The third kappa shape index (κ3) is 11.0. The summed E-state index contributed by atoms with van der Waals surface area (Å²) in [4.78, 5) is 43.8. The van der Waals surface area contributed by atoms with Crippen LogP contribution in [0.2, 0.25) is 0 Å². The Balaban J connectivity index is -0.000000653. The van der Waals surface area contributed by atoms with Gasteiger partial charge in [-0.05, 0) is 81.0 Å². The predicted molar refractivity (Wildman–Crippen MR) is 189 cm³/mol. The smallest absolute Gasteiger partial charge is 0.233 e. The number of carbonyl (C=O) groups is 2. The van der Waals surface area contributed by atoms with Gasteiger partial charge in [-0.25, -0.2) is 0 Å². The maximum Gasteiger partial charge on any atom is 0.233 e. The first kappa shape index (κ1) is 39.6. The maximum absolute atomic E-state index is 12.7. The van der Waals surface area contributed by atoms with Crippen molar-refractivity contribution in [3.63, 3.8) is 0 Å². The molecule has 3 heterocycles. The first-order chi connectivity index (χ1) is 18.5. The average molecular weight is 691 g/mol. The first-order valence-electron chi connectivity index (χ1n) is 13.3. The second-order valence-electron chi connectivity index (χ2n) is 9.72. The van der Waals surface area contributed by atoms with Crippen LogP contribution >= 0.6 is 28.3 Å². The van der Waals surface area contributed by atoms with Crippen molar-refractivity contribution in [3.05, 3.63) is 58.6 Å². The number of piperidine rings is 2. The monoisotopic (exact) mass is 689 g/mol. The maximum atomic E-state index is 12.7. The molecule has 0 unspecified atom stereocenters. The summed E-state index contributed by atoms with van der Waals surface area (Å²) in [7, 11) is 0. The zero-order valence-electron chi connectivity index (χ0n) is 24.6. The fourth-order valence-corrected chi connectivity index (χ4v) is 5.17. The van der Waals surface area contributed by atoms with E-state index in [1.54, 1.807) is 24.3 Å². The fourth-order valence-electron chi connectivity index (χ4n) is 4.77. The van der Waals surface area contributed by atoms with Crippen molar-refractivity contribution in [2.45, 2.75) is 44.9 Å². The summed E-state index contributed by atoms with van der Waals surface area (Å²) in [6, 6.07) is 14.3. The van der Waals surface area contributed by atoms with Crippen molar-refractivity contribution in [2.24, 2.45) is 0 Å². The molecule has 246 valence electrons. The molecule has 0 aliphatic carbocycles. The van der Waals surface area contributed by atoms with Crippen molar-refractivity contribution in [3.8, 4) is 0 Å². The van der Waals surface area contributed by atoms with E-state index in [1.807, 2.05) is 24.3 Å². The van der Waals surface area contributed by atoms with Crippen LogP contribution in [0, 0.1) is 0 Å². The molecule has 0 spiro atoms. The number of benzene rings is 2. The Kier molecular flexibility index (Phi) is 17.5. The largest absolute Gasteiger partial charge is 0.344 e. The normalized spacial score (nSPS) is 13.9. The van der Waals surface area contributed by atoms with Gasteiger partial charge in [0.25, 0.3) is 0 Å². The van der Waals surface area contributed by atoms with Gasteiger partial charge in [0.2, 0.25) is 23.8 Å². The molecule has 15 heteroatoms. The minimum absolute atomic E-state index is 0. The highest BCUT2D eigenvalue weighted by Gasteiger charge is 2.20. The van der Waals surface area contributed by atoms with Crippen LogP contribution in [0.1, 0.15) is 61.0 Å². The molecule has 13 nitrogen and oxygen atoms in total. The number of Topliss-reactive ketones (excluding diaryl/α,β-unsaturated/α-hetero) is 1. The van der Waals surface area contributed by atoms with Crippen molar-refractivity contribution < 1.29 is 15.3 Å². The Morgan fingerprint density at radius 2 is 1.28 bits per heavy atom. The molecule has 2 fully saturated rings. The van der Waals surface area contributed by atoms with E-state index in [9.17, 15) is 9.59 Å². The molecule has 2 aliphatic heterocycles. The van der Waals surface area contributed by atoms with Crippen LogP contribution in [-0.4, -0.2) is 52.8 Å². The van der Waals surface area contributed by atoms with Gasteiger partial charge in [0.15, 0.2) is 5.78 Å². The standard InChI is InChI=1S/C28H32BrN7O2.ClH.4H3N.4H2/c29-21-8-7-9-23(18-21)30-25(38)19-24(37)20-10-12-22(13-11-20)31-26-32-27(35-14-3-1-4-15-35)34-28(33-26)36-16-5-2-6-17-36;;;;;;;;;/h7-13,18H,1-6,14-17,19H2,(H,30,38)(H,31,32,33,34);1H;4*1H3;4*1H. The summed E-state index contributed by atoms with van der Waals surface area (Å²) >= 11 is 3.38. The molecule has 14 N–H and O–H groups in total. The van der Waals surface area contributed by atoms with Gasteiger partial charge in [-0.3, -0.25) is 9.59 Å². The van der Waals surface area contributed by atoms with Gasteiger partial charge in [0, 0.05) is 53.3 Å². The molecule has 3 aromatic rings. The fraction of sp³-hybridized carbons (Fsp3) is 0.393. The lowest BCUT2D eigenvalue weighted by Crippen LogP contribution is -2.34. The van der Waals surface area contributed by atoms with Crippen LogP contribution in [-0.2, 0) is 4.79 Å². The van der Waals surface area contributed by atoms with E-state index in [4.69, 9.17) is 15.0 Å². The summed E-state index contributed by atoms with van der Waals surface area (Å²) in [5, 5.41) is 6.06. The number of anilines is 5. The van der Waals surface area contributed by atoms with Crippen LogP contribution in [0.5, 0.6) is 0 Å². The van der Waals surface area contributed by atoms with Crippen LogP contribution in [0.25, 0.3) is 0 Å². The van der Waals surface area contributed by atoms with Crippen LogP contribution in [0.15, 0.2) is 53.0 Å². The van der Waals surface area contributed by atoms with Gasteiger partial charge in [0.05, 0.1) is 6.42 Å². The Morgan fingerprint density at radius 3 is 1.79 bits per heavy atom. The SMILES string of the molecule is Cl.N.N.N.N.O=C(CC(=O)c1ccc(Nc2nc(N3CCCCC3)nc(N3CCCCC3)n2)cc1)Nc1cccc(Br)c1.[HH].[HH].[HH].[HH]. The van der Waals surface area contributed by atoms with Gasteiger partial charge < -0.3 is 45.0 Å². The minimum atomic E-state index is -0.351. The Hall–Kier alpha value is -3.40. The molecule has 0 saturated carbocycles. The zero-order valence-corrected chi connectivity index (χ0v) is 27.0. The quantitative estimate of drug-likeness (QED) is 0.0987. The van der Waals surface area contributed by atoms with Crippen LogP contribution in [0.4, 0.5) is 29.2 Å². The number of hydrogen-bond donors (Lipinski definition) is 6. The van der Waals surface area contributed by atoms with E-state index in [1.165, 1.54) is 12.8 Å². The number of amides is 1. The number of aromatic nitrogens is 3. The summed E-state index contributed by atoms with van der Waals surface area (Å²) < 4.78 is 0.856. The lowest BCUT2D eigenvalue weighted by atomic mass is 10.1. The summed E-state index contributed by atoms with van der Waals surface area (Å²) in [6.45, 7) is 3.81. The second kappa shape index (κ2) is 19.0. The lowest BCUT2D eigenvalue weighted by molar-refractivity contribution is -0.115. The molecule has 43 heavy (non-hydrogen) atoms. The molecule has 1 aromatic heterocycles. The van der Waals surface area contributed by atoms with E-state index in [0.29, 0.717) is 29.1 Å². The van der Waals surface area contributed by atoms with Crippen LogP contribution < -0.4 is 45.0 Å². The molecule has 0 atom stereocenters. The van der Waals surface area contributed by atoms with Crippen molar-refractivity contribution in [1.82, 2.24) is 39.6 Å². The summed E-state index contributed by atoms with van der Waals surface area (Å²) in [5.74, 6) is 1.32. The van der Waals surface area contributed by atoms with Gasteiger partial charge >= 0.3 is 0 Å². The molecule has 1 amide bonds. The van der Waals surface area contributed by atoms with E-state index < -0.39 is 0 Å². The average Bonchev–Trinajstić information content (AvgIpc) is 2.94. The molecule has 0 radical (unpaired) electrons. The highest BCUT2D eigenvalue weighted by molar-refractivity contribution is 9.10. The molecule has 5 rings (SSSR count). The number of nitrogens with zero attached hydrogens (tertiary/aromatic N) is 5. The molecular weight excluding hydrogens is 638 g/mol. The summed E-state index contributed by atoms with van der Waals surface area (Å²) in [6.07, 6.45) is 6.82. The van der Waals surface area contributed by atoms with E-state index in [-0.39, 0.29) is 60.8 Å². The number of hydrogen-bond acceptors (Lipinski definition) is 12. The topological polar surface area (TPSA) is 243 Å². The number of rotatable bonds is 8. The molecule has 2 saturated heterocycles. The van der Waals surface area contributed by atoms with E-state index >= 15 is 0 Å². The lowest BCUT2D eigenvalue weighted by Gasteiger charge is -2.30. The first-order valence-corrected chi connectivity index (χ1v) is 14.0. The van der Waals surface area contributed by atoms with Gasteiger partial charge in [-0.1, -0.05) is 22.0 Å². The van der Waals surface area contributed by atoms with Crippen molar-refractivity contribution in [2.75, 3.05) is 46.6 Å². The number of halogens is 2. The third-order valence-electron chi connectivity index (χ3n) is 6.78. The van der Waals surface area contributed by atoms with Crippen molar-refractivity contribution in [1.29, 1.82) is 0 Å². The molecular formula is C28H53BrClN11O2. The molecule has 0 bridgehead atoms. The second-order valence-corrected chi connectivity index (χ2v) is 10.6. The third-order valence-corrected chi connectivity index (χ3v) is 7.28. The minimum Gasteiger partial charge on any atom is -0.344 e.